The fraction of sp³-hybridized carbons (Fsp3) is 0.400. The molecule has 21 heavy (non-hydrogen) atoms. The van der Waals surface area contributed by atoms with E-state index in [9.17, 15) is 4.79 Å². The largest absolute Gasteiger partial charge is 0.325 e. The highest BCUT2D eigenvalue weighted by molar-refractivity contribution is 7.99. The number of aryl methyl sites for hydroxylation is 1. The van der Waals surface area contributed by atoms with Gasteiger partial charge in [0, 0.05) is 18.7 Å². The first-order valence-electron chi connectivity index (χ1n) is 7.14. The molecule has 1 aromatic heterocycles. The predicted molar refractivity (Wildman–Crippen MR) is 85.5 cm³/mol. The summed E-state index contributed by atoms with van der Waals surface area (Å²) < 4.78 is 2.10. The zero-order valence-corrected chi connectivity index (χ0v) is 13.2. The Bertz CT molecular complexity index is 583. The molecule has 0 aliphatic carbocycles. The van der Waals surface area contributed by atoms with Gasteiger partial charge in [-0.3, -0.25) is 4.79 Å². The molecule has 0 spiro atoms. The van der Waals surface area contributed by atoms with E-state index in [1.165, 1.54) is 11.8 Å². The molecule has 2 aromatic rings. The molecule has 0 fully saturated rings. The van der Waals surface area contributed by atoms with Crippen molar-refractivity contribution in [2.45, 2.75) is 38.4 Å². The third-order valence-corrected chi connectivity index (χ3v) is 3.91. The molecule has 0 saturated carbocycles. The number of amides is 1. The van der Waals surface area contributed by atoms with Crippen molar-refractivity contribution in [3.05, 3.63) is 36.2 Å². The van der Waals surface area contributed by atoms with Crippen LogP contribution in [0.15, 0.2) is 35.5 Å². The van der Waals surface area contributed by atoms with Crippen LogP contribution in [0, 0.1) is 0 Å². The number of carbonyl (C=O) groups is 1. The quantitative estimate of drug-likeness (QED) is 0.799. The highest BCUT2D eigenvalue weighted by Crippen LogP contribution is 2.18. The maximum Gasteiger partial charge on any atom is 0.234 e. The minimum Gasteiger partial charge on any atom is -0.325 e. The monoisotopic (exact) mass is 304 g/mol. The molecule has 1 heterocycles. The molecule has 6 heteroatoms. The second-order valence-corrected chi connectivity index (χ2v) is 5.55. The maximum absolute atomic E-state index is 11.9. The fourth-order valence-corrected chi connectivity index (χ4v) is 2.77. The van der Waals surface area contributed by atoms with Crippen LogP contribution in [0.25, 0.3) is 0 Å². The number of carbonyl (C=O) groups excluding carboxylic acids is 1. The van der Waals surface area contributed by atoms with Crippen LogP contribution in [-0.4, -0.2) is 26.4 Å². The number of hydrogen-bond donors (Lipinski definition) is 1. The Hall–Kier alpha value is -1.82. The number of thioether (sulfide) groups is 1. The molecular weight excluding hydrogens is 284 g/mol. The molecule has 0 radical (unpaired) electrons. The molecule has 5 nitrogen and oxygen atoms in total. The first-order valence-corrected chi connectivity index (χ1v) is 8.13. The molecule has 0 unspecified atom stereocenters. The number of hydrogen-bond acceptors (Lipinski definition) is 4. The summed E-state index contributed by atoms with van der Waals surface area (Å²) in [5.74, 6) is 1.28. The van der Waals surface area contributed by atoms with Crippen molar-refractivity contribution < 1.29 is 4.79 Å². The average Bonchev–Trinajstić information content (AvgIpc) is 2.89. The first-order chi connectivity index (χ1) is 10.2. The fourth-order valence-electron chi connectivity index (χ4n) is 1.98. The summed E-state index contributed by atoms with van der Waals surface area (Å²) in [6.07, 6.45) is 1.87. The lowest BCUT2D eigenvalue weighted by Gasteiger charge is -2.08. The minimum absolute atomic E-state index is 0.0321. The van der Waals surface area contributed by atoms with Crippen molar-refractivity contribution >= 4 is 23.4 Å². The van der Waals surface area contributed by atoms with Crippen LogP contribution in [0.3, 0.4) is 0 Å². The van der Waals surface area contributed by atoms with Crippen LogP contribution in [0.1, 0.15) is 26.1 Å². The van der Waals surface area contributed by atoms with Crippen molar-refractivity contribution in [3.63, 3.8) is 0 Å². The van der Waals surface area contributed by atoms with E-state index in [0.29, 0.717) is 5.75 Å². The standard InChI is InChI=1S/C15H20N4OS/c1-3-10-19-13(4-2)17-18-15(19)21-11-14(20)16-12-8-6-5-7-9-12/h5-9H,3-4,10-11H2,1-2H3,(H,16,20). The van der Waals surface area contributed by atoms with E-state index >= 15 is 0 Å². The van der Waals surface area contributed by atoms with E-state index in [1.54, 1.807) is 0 Å². The predicted octanol–water partition coefficient (Wildman–Crippen LogP) is 2.98. The van der Waals surface area contributed by atoms with Crippen molar-refractivity contribution in [2.24, 2.45) is 0 Å². The molecular formula is C15H20N4OS. The zero-order valence-electron chi connectivity index (χ0n) is 12.4. The van der Waals surface area contributed by atoms with E-state index in [-0.39, 0.29) is 5.91 Å². The van der Waals surface area contributed by atoms with E-state index in [1.807, 2.05) is 30.3 Å². The second-order valence-electron chi connectivity index (χ2n) is 4.61. The SMILES string of the molecule is CCCn1c(CC)nnc1SCC(=O)Nc1ccccc1. The lowest BCUT2D eigenvalue weighted by molar-refractivity contribution is -0.113. The molecule has 0 aliphatic rings. The third kappa shape index (κ3) is 4.32. The summed E-state index contributed by atoms with van der Waals surface area (Å²) in [6.45, 7) is 5.07. The second kappa shape index (κ2) is 7.83. The molecule has 1 N–H and O–H groups in total. The minimum atomic E-state index is -0.0321. The zero-order chi connectivity index (χ0) is 15.1. The van der Waals surface area contributed by atoms with Crippen molar-refractivity contribution in [3.8, 4) is 0 Å². The van der Waals surface area contributed by atoms with Gasteiger partial charge in [-0.05, 0) is 18.6 Å². The molecule has 0 aliphatic heterocycles. The smallest absolute Gasteiger partial charge is 0.234 e. The number of benzene rings is 1. The van der Waals surface area contributed by atoms with Gasteiger partial charge in [-0.15, -0.1) is 10.2 Å². The lowest BCUT2D eigenvalue weighted by Crippen LogP contribution is -2.14. The number of para-hydroxylation sites is 1. The molecule has 1 amide bonds. The van der Waals surface area contributed by atoms with Crippen LogP contribution < -0.4 is 5.32 Å². The van der Waals surface area contributed by atoms with E-state index in [2.05, 4.69) is 33.9 Å². The molecule has 0 bridgehead atoms. The Morgan fingerprint density at radius 2 is 2.00 bits per heavy atom. The Morgan fingerprint density at radius 3 is 2.67 bits per heavy atom. The van der Waals surface area contributed by atoms with Gasteiger partial charge in [0.05, 0.1) is 5.75 Å². The Labute approximate surface area is 129 Å². The molecule has 0 atom stereocenters. The number of anilines is 1. The highest BCUT2D eigenvalue weighted by Gasteiger charge is 2.12. The number of aromatic nitrogens is 3. The highest BCUT2D eigenvalue weighted by atomic mass is 32.2. The first kappa shape index (κ1) is 15.6. The normalized spacial score (nSPS) is 10.6. The van der Waals surface area contributed by atoms with Crippen LogP contribution in [-0.2, 0) is 17.8 Å². The van der Waals surface area contributed by atoms with Gasteiger partial charge in [0.2, 0.25) is 5.91 Å². The molecule has 1 aromatic carbocycles. The molecule has 112 valence electrons. The van der Waals surface area contributed by atoms with Crippen molar-refractivity contribution in [2.75, 3.05) is 11.1 Å². The van der Waals surface area contributed by atoms with Gasteiger partial charge >= 0.3 is 0 Å². The number of nitrogens with zero attached hydrogens (tertiary/aromatic N) is 3. The summed E-state index contributed by atoms with van der Waals surface area (Å²) >= 11 is 1.43. The van der Waals surface area contributed by atoms with Crippen LogP contribution in [0.4, 0.5) is 5.69 Å². The average molecular weight is 304 g/mol. The van der Waals surface area contributed by atoms with Gasteiger partial charge in [-0.2, -0.15) is 0 Å². The van der Waals surface area contributed by atoms with Crippen LogP contribution >= 0.6 is 11.8 Å². The van der Waals surface area contributed by atoms with Gasteiger partial charge in [0.25, 0.3) is 0 Å². The van der Waals surface area contributed by atoms with Gasteiger partial charge in [0.15, 0.2) is 5.16 Å². The van der Waals surface area contributed by atoms with Gasteiger partial charge in [0.1, 0.15) is 5.82 Å². The van der Waals surface area contributed by atoms with Crippen LogP contribution in [0.5, 0.6) is 0 Å². The maximum atomic E-state index is 11.9. The summed E-state index contributed by atoms with van der Waals surface area (Å²) in [5.41, 5.74) is 0.812. The molecule has 0 saturated heterocycles. The summed E-state index contributed by atoms with van der Waals surface area (Å²) in [6, 6.07) is 9.46. The summed E-state index contributed by atoms with van der Waals surface area (Å²) in [7, 11) is 0. The topological polar surface area (TPSA) is 59.8 Å². The lowest BCUT2D eigenvalue weighted by atomic mass is 10.3. The van der Waals surface area contributed by atoms with Gasteiger partial charge < -0.3 is 9.88 Å². The van der Waals surface area contributed by atoms with E-state index in [0.717, 1.165) is 36.1 Å². The summed E-state index contributed by atoms with van der Waals surface area (Å²) in [4.78, 5) is 11.9. The van der Waals surface area contributed by atoms with Gasteiger partial charge in [-0.25, -0.2) is 0 Å². The Morgan fingerprint density at radius 1 is 1.24 bits per heavy atom. The summed E-state index contributed by atoms with van der Waals surface area (Å²) in [5, 5.41) is 12.0. The van der Waals surface area contributed by atoms with E-state index in [4.69, 9.17) is 0 Å². The van der Waals surface area contributed by atoms with E-state index < -0.39 is 0 Å². The molecule has 2 rings (SSSR count). The number of nitrogens with one attached hydrogen (secondary N) is 1. The van der Waals surface area contributed by atoms with Gasteiger partial charge in [-0.1, -0.05) is 43.8 Å². The number of rotatable bonds is 7. The van der Waals surface area contributed by atoms with Crippen LogP contribution in [0.2, 0.25) is 0 Å². The Balaban J connectivity index is 1.93. The Kier molecular flexibility index (Phi) is 5.80. The van der Waals surface area contributed by atoms with Crippen molar-refractivity contribution in [1.82, 2.24) is 14.8 Å². The third-order valence-electron chi connectivity index (χ3n) is 2.95. The van der Waals surface area contributed by atoms with Crippen molar-refractivity contribution in [1.29, 1.82) is 0 Å².